The Morgan fingerprint density at radius 2 is 2.16 bits per heavy atom. The maximum Gasteiger partial charge on any atom is 0.290 e. The molecule has 0 radical (unpaired) electrons. The van der Waals surface area contributed by atoms with Crippen molar-refractivity contribution in [3.05, 3.63) is 27.9 Å². The Labute approximate surface area is 111 Å². The second kappa shape index (κ2) is 6.12. The molecule has 0 aliphatic carbocycles. The van der Waals surface area contributed by atoms with Crippen LogP contribution in [0.5, 0.6) is 0 Å². The van der Waals surface area contributed by atoms with Crippen molar-refractivity contribution in [2.75, 3.05) is 18.0 Å². The fourth-order valence-electron chi connectivity index (χ4n) is 1.78. The number of hydrogen-bond acceptors (Lipinski definition) is 5. The van der Waals surface area contributed by atoms with Crippen LogP contribution in [0.1, 0.15) is 19.5 Å². The highest BCUT2D eigenvalue weighted by Crippen LogP contribution is 2.20. The first-order chi connectivity index (χ1) is 8.81. The molecule has 1 aromatic rings. The molecule has 19 heavy (non-hydrogen) atoms. The number of amides is 1. The first kappa shape index (κ1) is 14.9. The second-order valence-electron chi connectivity index (χ2n) is 4.77. The van der Waals surface area contributed by atoms with Gasteiger partial charge in [-0.1, -0.05) is 13.8 Å². The molecule has 1 rings (SSSR count). The van der Waals surface area contributed by atoms with E-state index in [4.69, 9.17) is 5.73 Å². The Morgan fingerprint density at radius 3 is 2.58 bits per heavy atom. The highest BCUT2D eigenvalue weighted by atomic mass is 16.6. The number of nitrogens with zero attached hydrogens (tertiary/aromatic N) is 3. The van der Waals surface area contributed by atoms with E-state index in [9.17, 15) is 14.9 Å². The Hall–Kier alpha value is -2.18. The summed E-state index contributed by atoms with van der Waals surface area (Å²) in [6.45, 7) is 6.23. The van der Waals surface area contributed by atoms with Gasteiger partial charge in [0.25, 0.3) is 5.69 Å². The predicted octanol–water partition coefficient (Wildman–Crippen LogP) is 1.25. The molecule has 0 saturated heterocycles. The Bertz CT molecular complexity index is 488. The van der Waals surface area contributed by atoms with E-state index in [0.29, 0.717) is 24.0 Å². The highest BCUT2D eigenvalue weighted by molar-refractivity contribution is 5.79. The maximum absolute atomic E-state index is 11.1. The third kappa shape index (κ3) is 4.20. The van der Waals surface area contributed by atoms with Gasteiger partial charge in [0.05, 0.1) is 11.5 Å². The number of nitrogens with two attached hydrogens (primary N) is 1. The summed E-state index contributed by atoms with van der Waals surface area (Å²) in [4.78, 5) is 27.2. The third-order valence-electron chi connectivity index (χ3n) is 2.50. The van der Waals surface area contributed by atoms with Crippen molar-refractivity contribution in [2.24, 2.45) is 11.7 Å². The lowest BCUT2D eigenvalue weighted by atomic mass is 10.2. The molecular weight excluding hydrogens is 248 g/mol. The summed E-state index contributed by atoms with van der Waals surface area (Å²) in [7, 11) is 0. The number of carbonyl (C=O) groups excluding carboxylic acids is 1. The zero-order chi connectivity index (χ0) is 14.6. The van der Waals surface area contributed by atoms with Gasteiger partial charge < -0.3 is 10.6 Å². The number of aryl methyl sites for hydroxylation is 1. The maximum atomic E-state index is 11.1. The Morgan fingerprint density at radius 1 is 1.53 bits per heavy atom. The molecule has 1 aromatic heterocycles. The van der Waals surface area contributed by atoms with E-state index in [1.54, 1.807) is 11.8 Å². The molecule has 1 amide bonds. The molecule has 0 aromatic carbocycles. The number of rotatable bonds is 6. The van der Waals surface area contributed by atoms with Gasteiger partial charge in [0.2, 0.25) is 5.91 Å². The van der Waals surface area contributed by atoms with Crippen LogP contribution in [0, 0.1) is 23.0 Å². The topological polar surface area (TPSA) is 102 Å². The fourth-order valence-corrected chi connectivity index (χ4v) is 1.78. The summed E-state index contributed by atoms with van der Waals surface area (Å²) in [6, 6.07) is 2.93. The number of anilines is 1. The smallest absolute Gasteiger partial charge is 0.290 e. The van der Waals surface area contributed by atoms with E-state index in [1.165, 1.54) is 12.1 Å². The van der Waals surface area contributed by atoms with Crippen LogP contribution in [0.3, 0.4) is 0 Å². The number of pyridine rings is 1. The molecule has 7 heteroatoms. The van der Waals surface area contributed by atoms with Crippen molar-refractivity contribution in [1.82, 2.24) is 4.98 Å². The normalized spacial score (nSPS) is 10.5. The average molecular weight is 266 g/mol. The summed E-state index contributed by atoms with van der Waals surface area (Å²) in [5, 5.41) is 10.7. The molecule has 0 bridgehead atoms. The zero-order valence-corrected chi connectivity index (χ0v) is 11.3. The number of aromatic nitrogens is 1. The van der Waals surface area contributed by atoms with Crippen molar-refractivity contribution in [3.8, 4) is 0 Å². The molecule has 2 N–H and O–H groups in total. The van der Waals surface area contributed by atoms with Gasteiger partial charge in [-0.25, -0.2) is 4.98 Å². The van der Waals surface area contributed by atoms with E-state index in [1.807, 2.05) is 13.8 Å². The predicted molar refractivity (Wildman–Crippen MR) is 71.9 cm³/mol. The van der Waals surface area contributed by atoms with Crippen LogP contribution in [0.2, 0.25) is 0 Å². The average Bonchev–Trinajstić information content (AvgIpc) is 2.26. The largest absolute Gasteiger partial charge is 0.368 e. The zero-order valence-electron chi connectivity index (χ0n) is 11.3. The second-order valence-corrected chi connectivity index (χ2v) is 4.77. The quantitative estimate of drug-likeness (QED) is 0.616. The number of carbonyl (C=O) groups is 1. The summed E-state index contributed by atoms with van der Waals surface area (Å²) >= 11 is 0. The standard InChI is InChI=1S/C12H18N4O3/c1-8(2)6-15(7-11(13)17)12-5-4-10(16(18)19)9(3)14-12/h4-5,8H,6-7H2,1-3H3,(H2,13,17). The lowest BCUT2D eigenvalue weighted by Crippen LogP contribution is -2.36. The van der Waals surface area contributed by atoms with Crippen molar-refractivity contribution >= 4 is 17.4 Å². The number of nitro groups is 1. The monoisotopic (exact) mass is 266 g/mol. The lowest BCUT2D eigenvalue weighted by Gasteiger charge is -2.24. The van der Waals surface area contributed by atoms with Crippen LogP contribution in [-0.4, -0.2) is 28.9 Å². The summed E-state index contributed by atoms with van der Waals surface area (Å²) < 4.78 is 0. The van der Waals surface area contributed by atoms with E-state index in [0.717, 1.165) is 0 Å². The van der Waals surface area contributed by atoms with E-state index < -0.39 is 10.8 Å². The third-order valence-corrected chi connectivity index (χ3v) is 2.50. The summed E-state index contributed by atoms with van der Waals surface area (Å²) in [6.07, 6.45) is 0. The summed E-state index contributed by atoms with van der Waals surface area (Å²) in [5.74, 6) is 0.380. The van der Waals surface area contributed by atoms with E-state index >= 15 is 0 Å². The minimum Gasteiger partial charge on any atom is -0.368 e. The minimum atomic E-state index is -0.479. The Balaban J connectivity index is 3.05. The van der Waals surface area contributed by atoms with E-state index in [-0.39, 0.29) is 12.2 Å². The van der Waals surface area contributed by atoms with Gasteiger partial charge in [0, 0.05) is 12.6 Å². The van der Waals surface area contributed by atoms with Crippen molar-refractivity contribution in [2.45, 2.75) is 20.8 Å². The van der Waals surface area contributed by atoms with Crippen LogP contribution in [0.25, 0.3) is 0 Å². The number of hydrogen-bond donors (Lipinski definition) is 1. The van der Waals surface area contributed by atoms with Crippen LogP contribution in [-0.2, 0) is 4.79 Å². The highest BCUT2D eigenvalue weighted by Gasteiger charge is 2.17. The van der Waals surface area contributed by atoms with Gasteiger partial charge in [-0.15, -0.1) is 0 Å². The fraction of sp³-hybridized carbons (Fsp3) is 0.500. The van der Waals surface area contributed by atoms with Crippen molar-refractivity contribution in [3.63, 3.8) is 0 Å². The molecule has 104 valence electrons. The van der Waals surface area contributed by atoms with Gasteiger partial charge >= 0.3 is 0 Å². The van der Waals surface area contributed by atoms with Crippen molar-refractivity contribution in [1.29, 1.82) is 0 Å². The summed E-state index contributed by atoms with van der Waals surface area (Å²) in [5.41, 5.74) is 5.49. The molecule has 0 saturated carbocycles. The van der Waals surface area contributed by atoms with Gasteiger partial charge in [0.15, 0.2) is 0 Å². The van der Waals surface area contributed by atoms with Gasteiger partial charge in [-0.2, -0.15) is 0 Å². The van der Waals surface area contributed by atoms with Gasteiger partial charge in [-0.3, -0.25) is 14.9 Å². The Kier molecular flexibility index (Phi) is 4.80. The molecule has 0 unspecified atom stereocenters. The molecular formula is C12H18N4O3. The first-order valence-corrected chi connectivity index (χ1v) is 5.96. The molecule has 1 heterocycles. The van der Waals surface area contributed by atoms with Crippen LogP contribution >= 0.6 is 0 Å². The van der Waals surface area contributed by atoms with Gasteiger partial charge in [-0.05, 0) is 18.9 Å². The van der Waals surface area contributed by atoms with Crippen LogP contribution < -0.4 is 10.6 Å². The van der Waals surface area contributed by atoms with E-state index in [2.05, 4.69) is 4.98 Å². The SMILES string of the molecule is Cc1nc(N(CC(N)=O)CC(C)C)ccc1[N+](=O)[O-]. The first-order valence-electron chi connectivity index (χ1n) is 5.96. The molecule has 0 spiro atoms. The van der Waals surface area contributed by atoms with Crippen LogP contribution in [0.15, 0.2) is 12.1 Å². The molecule has 0 atom stereocenters. The minimum absolute atomic E-state index is 0.0349. The molecule has 0 fully saturated rings. The number of primary amides is 1. The van der Waals surface area contributed by atoms with Crippen molar-refractivity contribution < 1.29 is 9.72 Å². The molecule has 0 aliphatic heterocycles. The molecule has 7 nitrogen and oxygen atoms in total. The van der Waals surface area contributed by atoms with Gasteiger partial charge in [0.1, 0.15) is 11.5 Å². The van der Waals surface area contributed by atoms with Crippen LogP contribution in [0.4, 0.5) is 11.5 Å². The molecule has 0 aliphatic rings. The lowest BCUT2D eigenvalue weighted by molar-refractivity contribution is -0.385.